The van der Waals surface area contributed by atoms with Crippen molar-refractivity contribution in [3.8, 4) is 0 Å². The Morgan fingerprint density at radius 2 is 2.07 bits per heavy atom. The minimum atomic E-state index is 0.232. The Bertz CT molecular complexity index is 237. The Labute approximate surface area is 86.2 Å². The topological polar surface area (TPSA) is 50.4 Å². The summed E-state index contributed by atoms with van der Waals surface area (Å²) >= 11 is 0. The van der Waals surface area contributed by atoms with E-state index in [1.54, 1.807) is 0 Å². The average molecular weight is 195 g/mol. The highest BCUT2D eigenvalue weighted by molar-refractivity contribution is 5.80. The van der Waals surface area contributed by atoms with Crippen LogP contribution in [0.25, 0.3) is 0 Å². The summed E-state index contributed by atoms with van der Waals surface area (Å²) in [6.45, 7) is 5.55. The molecular weight excluding hydrogens is 174 g/mol. The Morgan fingerprint density at radius 3 is 2.50 bits per heavy atom. The quantitative estimate of drug-likeness (QED) is 0.666. The summed E-state index contributed by atoms with van der Waals surface area (Å²) in [5.41, 5.74) is 5.91. The smallest absolute Gasteiger partial charge is 0.189 e. The summed E-state index contributed by atoms with van der Waals surface area (Å²) in [5, 5.41) is 3.36. The molecule has 0 aromatic heterocycles. The van der Waals surface area contributed by atoms with Gasteiger partial charge in [-0.05, 0) is 37.5 Å². The Balaban J connectivity index is 1.90. The van der Waals surface area contributed by atoms with Gasteiger partial charge in [0.05, 0.1) is 12.1 Å². The number of aliphatic imine (C=N–C) groups is 1. The van der Waals surface area contributed by atoms with Crippen LogP contribution in [0.2, 0.25) is 0 Å². The van der Waals surface area contributed by atoms with E-state index >= 15 is 0 Å². The Hall–Kier alpha value is -0.730. The van der Waals surface area contributed by atoms with Crippen LogP contribution in [0.1, 0.15) is 39.5 Å². The van der Waals surface area contributed by atoms with Crippen LogP contribution in [0.4, 0.5) is 0 Å². The fourth-order valence-corrected chi connectivity index (χ4v) is 2.73. The summed E-state index contributed by atoms with van der Waals surface area (Å²) in [6.07, 6.45) is 5.13. The number of hydrogen-bond acceptors (Lipinski definition) is 3. The lowest BCUT2D eigenvalue weighted by Gasteiger charge is -2.38. The molecule has 2 rings (SSSR count). The molecule has 3 N–H and O–H groups in total. The number of guanidine groups is 1. The maximum Gasteiger partial charge on any atom is 0.189 e. The van der Waals surface area contributed by atoms with Gasteiger partial charge in [0, 0.05) is 0 Å². The molecule has 0 aromatic carbocycles. The first-order valence-corrected chi connectivity index (χ1v) is 5.69. The maximum absolute atomic E-state index is 5.67. The molecule has 1 spiro atoms. The summed E-state index contributed by atoms with van der Waals surface area (Å²) in [7, 11) is 0. The van der Waals surface area contributed by atoms with Gasteiger partial charge in [0.1, 0.15) is 0 Å². The van der Waals surface area contributed by atoms with Crippen molar-refractivity contribution in [3.05, 3.63) is 0 Å². The van der Waals surface area contributed by atoms with Crippen molar-refractivity contribution >= 4 is 5.96 Å². The highest BCUT2D eigenvalue weighted by Gasteiger charge is 2.38. The van der Waals surface area contributed by atoms with E-state index in [9.17, 15) is 0 Å². The SMILES string of the molecule is CC(C)C1CCC2(CC1)CN=C(N)N2. The molecule has 0 aromatic rings. The minimum Gasteiger partial charge on any atom is -0.370 e. The normalized spacial score (nSPS) is 37.4. The Morgan fingerprint density at radius 1 is 1.43 bits per heavy atom. The van der Waals surface area contributed by atoms with Crippen molar-refractivity contribution in [2.45, 2.75) is 45.1 Å². The van der Waals surface area contributed by atoms with Gasteiger partial charge in [0.25, 0.3) is 0 Å². The molecule has 0 amide bonds. The highest BCUT2D eigenvalue weighted by Crippen LogP contribution is 2.37. The maximum atomic E-state index is 5.67. The van der Waals surface area contributed by atoms with Crippen LogP contribution in [0.15, 0.2) is 4.99 Å². The van der Waals surface area contributed by atoms with Gasteiger partial charge in [-0.3, -0.25) is 4.99 Å². The standard InChI is InChI=1S/C11H21N3/c1-8(2)9-3-5-11(6-4-9)7-13-10(12)14-11/h8-9H,3-7H2,1-2H3,(H3,12,13,14). The molecule has 1 aliphatic carbocycles. The van der Waals surface area contributed by atoms with Crippen molar-refractivity contribution in [2.24, 2.45) is 22.6 Å². The molecule has 1 saturated carbocycles. The van der Waals surface area contributed by atoms with E-state index in [4.69, 9.17) is 5.73 Å². The van der Waals surface area contributed by atoms with Gasteiger partial charge in [-0.25, -0.2) is 0 Å². The fourth-order valence-electron chi connectivity index (χ4n) is 2.73. The molecular formula is C11H21N3. The van der Waals surface area contributed by atoms with Gasteiger partial charge >= 0.3 is 0 Å². The van der Waals surface area contributed by atoms with Crippen LogP contribution in [0.3, 0.4) is 0 Å². The number of hydrogen-bond donors (Lipinski definition) is 2. The first-order valence-electron chi connectivity index (χ1n) is 5.69. The second-order valence-electron chi connectivity index (χ2n) is 5.19. The largest absolute Gasteiger partial charge is 0.370 e. The van der Waals surface area contributed by atoms with Crippen molar-refractivity contribution in [2.75, 3.05) is 6.54 Å². The van der Waals surface area contributed by atoms with Gasteiger partial charge in [-0.2, -0.15) is 0 Å². The molecule has 0 saturated heterocycles. The summed E-state index contributed by atoms with van der Waals surface area (Å²) in [4.78, 5) is 4.27. The van der Waals surface area contributed by atoms with Gasteiger partial charge < -0.3 is 11.1 Å². The number of rotatable bonds is 1. The molecule has 1 aliphatic heterocycles. The monoisotopic (exact) mass is 195 g/mol. The molecule has 1 heterocycles. The van der Waals surface area contributed by atoms with Crippen molar-refractivity contribution < 1.29 is 0 Å². The average Bonchev–Trinajstić information content (AvgIpc) is 2.48. The lowest BCUT2D eigenvalue weighted by Crippen LogP contribution is -2.50. The number of nitrogens with one attached hydrogen (secondary N) is 1. The number of nitrogens with two attached hydrogens (primary N) is 1. The number of nitrogens with zero attached hydrogens (tertiary/aromatic N) is 1. The molecule has 2 aliphatic rings. The van der Waals surface area contributed by atoms with E-state index in [0.717, 1.165) is 18.4 Å². The molecule has 0 radical (unpaired) electrons. The third kappa shape index (κ3) is 1.72. The zero-order valence-electron chi connectivity index (χ0n) is 9.21. The molecule has 14 heavy (non-hydrogen) atoms. The zero-order chi connectivity index (χ0) is 10.2. The predicted molar refractivity (Wildman–Crippen MR) is 59.2 cm³/mol. The van der Waals surface area contributed by atoms with Crippen molar-refractivity contribution in [1.82, 2.24) is 5.32 Å². The van der Waals surface area contributed by atoms with Gasteiger partial charge in [-0.1, -0.05) is 13.8 Å². The van der Waals surface area contributed by atoms with Gasteiger partial charge in [0.15, 0.2) is 5.96 Å². The molecule has 80 valence electrons. The van der Waals surface area contributed by atoms with E-state index in [1.165, 1.54) is 25.7 Å². The van der Waals surface area contributed by atoms with Crippen LogP contribution in [-0.4, -0.2) is 18.0 Å². The zero-order valence-corrected chi connectivity index (χ0v) is 9.21. The lowest BCUT2D eigenvalue weighted by molar-refractivity contribution is 0.191. The van der Waals surface area contributed by atoms with E-state index in [0.29, 0.717) is 5.96 Å². The molecule has 0 unspecified atom stereocenters. The van der Waals surface area contributed by atoms with E-state index in [1.807, 2.05) is 0 Å². The summed E-state index contributed by atoms with van der Waals surface area (Å²) < 4.78 is 0. The van der Waals surface area contributed by atoms with Gasteiger partial charge in [-0.15, -0.1) is 0 Å². The van der Waals surface area contributed by atoms with Crippen LogP contribution >= 0.6 is 0 Å². The molecule has 1 fully saturated rings. The van der Waals surface area contributed by atoms with Crippen LogP contribution in [-0.2, 0) is 0 Å². The molecule has 3 heteroatoms. The van der Waals surface area contributed by atoms with Crippen LogP contribution < -0.4 is 11.1 Å². The van der Waals surface area contributed by atoms with E-state index in [2.05, 4.69) is 24.2 Å². The van der Waals surface area contributed by atoms with Crippen molar-refractivity contribution in [3.63, 3.8) is 0 Å². The Kier molecular flexibility index (Phi) is 2.41. The molecule has 0 atom stereocenters. The second kappa shape index (κ2) is 3.44. The summed E-state index contributed by atoms with van der Waals surface area (Å²) in [6, 6.07) is 0. The minimum absolute atomic E-state index is 0.232. The third-order valence-corrected chi connectivity index (χ3v) is 3.88. The van der Waals surface area contributed by atoms with E-state index in [-0.39, 0.29) is 5.54 Å². The predicted octanol–water partition coefficient (Wildman–Crippen LogP) is 1.49. The molecule has 3 nitrogen and oxygen atoms in total. The highest BCUT2D eigenvalue weighted by atomic mass is 15.2. The lowest BCUT2D eigenvalue weighted by atomic mass is 9.73. The van der Waals surface area contributed by atoms with Crippen LogP contribution in [0.5, 0.6) is 0 Å². The van der Waals surface area contributed by atoms with Crippen molar-refractivity contribution in [1.29, 1.82) is 0 Å². The fraction of sp³-hybridized carbons (Fsp3) is 0.909. The molecule has 0 bridgehead atoms. The van der Waals surface area contributed by atoms with Gasteiger partial charge in [0.2, 0.25) is 0 Å². The van der Waals surface area contributed by atoms with Crippen LogP contribution in [0, 0.1) is 11.8 Å². The third-order valence-electron chi connectivity index (χ3n) is 3.88. The first-order chi connectivity index (χ1) is 6.61. The second-order valence-corrected chi connectivity index (χ2v) is 5.19. The summed E-state index contributed by atoms with van der Waals surface area (Å²) in [5.74, 6) is 2.38. The first kappa shape index (κ1) is 9.81. The van der Waals surface area contributed by atoms with E-state index < -0.39 is 0 Å².